The highest BCUT2D eigenvalue weighted by molar-refractivity contribution is 7.91. The molecule has 3 aliphatic carbocycles. The van der Waals surface area contributed by atoms with Crippen molar-refractivity contribution in [3.63, 3.8) is 0 Å². The third kappa shape index (κ3) is 7.39. The second-order valence-corrected chi connectivity index (χ2v) is 17.6. The van der Waals surface area contributed by atoms with E-state index in [0.717, 1.165) is 32.1 Å². The van der Waals surface area contributed by atoms with Gasteiger partial charge in [0.05, 0.1) is 17.3 Å². The molecule has 13 heteroatoms. The van der Waals surface area contributed by atoms with Crippen molar-refractivity contribution in [2.75, 3.05) is 18.1 Å². The molecule has 3 unspecified atom stereocenters. The van der Waals surface area contributed by atoms with Gasteiger partial charge in [-0.3, -0.25) is 19.2 Å². The molecule has 0 aromatic heterocycles. The zero-order chi connectivity index (χ0) is 32.8. The molecule has 1 heterocycles. The number of fused-ring (bicyclic) bond motifs is 1. The third-order valence-electron chi connectivity index (χ3n) is 10.4. The molecule has 44 heavy (non-hydrogen) atoms. The molecule has 5 atom stereocenters. The Hall–Kier alpha value is -2.70. The molecule has 0 aromatic rings. The standard InChI is InChI=1S/C31H51N5O7S/c1-7-44(42,43)17-31(13-9-8-10-14-31)35-28(41)34-24(29(2,3)4)27(40)36-16-19-21(30(19,5)6)22(36)26(39)33-20(15-18-11-12-18)23(37)25(32)38/h18-22,24H,7-17H2,1-6H3,(H2,32,38)(H,33,39)(H2,34,35,41)/t19?,20?,21?,22-,24+/m0/s1. The lowest BCUT2D eigenvalue weighted by molar-refractivity contribution is -0.145. The summed E-state index contributed by atoms with van der Waals surface area (Å²) in [6.45, 7) is 11.5. The Morgan fingerprint density at radius 2 is 1.61 bits per heavy atom. The van der Waals surface area contributed by atoms with Crippen molar-refractivity contribution in [2.45, 2.75) is 117 Å². The minimum Gasteiger partial charge on any atom is -0.363 e. The maximum Gasteiger partial charge on any atom is 0.315 e. The summed E-state index contributed by atoms with van der Waals surface area (Å²) in [4.78, 5) is 67.4. The van der Waals surface area contributed by atoms with E-state index in [1.54, 1.807) is 6.92 Å². The van der Waals surface area contributed by atoms with E-state index in [4.69, 9.17) is 5.73 Å². The first kappa shape index (κ1) is 34.2. The average molecular weight is 638 g/mol. The number of sulfone groups is 1. The number of hydrogen-bond donors (Lipinski definition) is 4. The first-order valence-electron chi connectivity index (χ1n) is 16.1. The smallest absolute Gasteiger partial charge is 0.315 e. The Morgan fingerprint density at radius 1 is 1.00 bits per heavy atom. The van der Waals surface area contributed by atoms with Crippen molar-refractivity contribution in [2.24, 2.45) is 34.3 Å². The molecule has 5 N–H and O–H groups in total. The summed E-state index contributed by atoms with van der Waals surface area (Å²) in [6.07, 6.45) is 5.78. The molecule has 0 radical (unpaired) electrons. The van der Waals surface area contributed by atoms with Crippen LogP contribution < -0.4 is 21.7 Å². The monoisotopic (exact) mass is 637 g/mol. The fourth-order valence-corrected chi connectivity index (χ4v) is 8.85. The van der Waals surface area contributed by atoms with E-state index in [9.17, 15) is 32.4 Å². The number of carbonyl (C=O) groups is 5. The van der Waals surface area contributed by atoms with Crippen LogP contribution in [0.15, 0.2) is 0 Å². The van der Waals surface area contributed by atoms with Gasteiger partial charge in [0.25, 0.3) is 5.91 Å². The number of urea groups is 1. The molecule has 1 aliphatic heterocycles. The van der Waals surface area contributed by atoms with Gasteiger partial charge >= 0.3 is 6.03 Å². The van der Waals surface area contributed by atoms with Crippen LogP contribution in [0, 0.1) is 28.6 Å². The summed E-state index contributed by atoms with van der Waals surface area (Å²) >= 11 is 0. The van der Waals surface area contributed by atoms with Gasteiger partial charge in [0.1, 0.15) is 12.1 Å². The van der Waals surface area contributed by atoms with Gasteiger partial charge in [-0.05, 0) is 47.8 Å². The normalized spacial score (nSPS) is 27.0. The van der Waals surface area contributed by atoms with Gasteiger partial charge in [0.15, 0.2) is 9.84 Å². The van der Waals surface area contributed by atoms with Gasteiger partial charge in [-0.25, -0.2) is 13.2 Å². The second-order valence-electron chi connectivity index (χ2n) is 15.3. The van der Waals surface area contributed by atoms with Crippen molar-refractivity contribution in [3.05, 3.63) is 0 Å². The van der Waals surface area contributed by atoms with Crippen LogP contribution in [0.5, 0.6) is 0 Å². The Bertz CT molecular complexity index is 1280. The number of nitrogens with zero attached hydrogens (tertiary/aromatic N) is 1. The second kappa shape index (κ2) is 12.2. The molecule has 248 valence electrons. The van der Waals surface area contributed by atoms with Crippen LogP contribution in [-0.4, -0.2) is 84.6 Å². The maximum atomic E-state index is 14.2. The lowest BCUT2D eigenvalue weighted by Crippen LogP contribution is -2.64. The molecule has 4 aliphatic rings. The van der Waals surface area contributed by atoms with E-state index in [1.165, 1.54) is 4.90 Å². The number of amides is 5. The predicted octanol–water partition coefficient (Wildman–Crippen LogP) is 1.66. The highest BCUT2D eigenvalue weighted by atomic mass is 32.2. The summed E-state index contributed by atoms with van der Waals surface area (Å²) in [5.74, 6) is -2.89. The van der Waals surface area contributed by atoms with Crippen LogP contribution in [0.2, 0.25) is 0 Å². The Balaban J connectivity index is 1.54. The zero-order valence-corrected chi connectivity index (χ0v) is 27.8. The molecule has 0 spiro atoms. The van der Waals surface area contributed by atoms with Crippen molar-refractivity contribution in [1.82, 2.24) is 20.9 Å². The van der Waals surface area contributed by atoms with Gasteiger partial charge < -0.3 is 26.6 Å². The maximum absolute atomic E-state index is 14.2. The van der Waals surface area contributed by atoms with Crippen molar-refractivity contribution >= 4 is 39.4 Å². The van der Waals surface area contributed by atoms with Crippen LogP contribution in [0.1, 0.15) is 92.9 Å². The lowest BCUT2D eigenvalue weighted by atomic mass is 9.83. The van der Waals surface area contributed by atoms with Gasteiger partial charge in [0, 0.05) is 12.3 Å². The molecule has 5 amide bonds. The quantitative estimate of drug-likeness (QED) is 0.234. The molecule has 4 fully saturated rings. The number of likely N-dealkylation sites (tertiary alicyclic amines) is 1. The van der Waals surface area contributed by atoms with Gasteiger partial charge in [-0.1, -0.05) is 73.6 Å². The van der Waals surface area contributed by atoms with Crippen LogP contribution >= 0.6 is 0 Å². The first-order valence-corrected chi connectivity index (χ1v) is 17.9. The average Bonchev–Trinajstić information content (AvgIpc) is 3.77. The summed E-state index contributed by atoms with van der Waals surface area (Å²) in [5.41, 5.74) is 3.43. The minimum absolute atomic E-state index is 0.0230. The van der Waals surface area contributed by atoms with Crippen LogP contribution in [0.25, 0.3) is 0 Å². The van der Waals surface area contributed by atoms with E-state index < -0.39 is 68.5 Å². The highest BCUT2D eigenvalue weighted by Gasteiger charge is 2.70. The molecule has 4 rings (SSSR count). The van der Waals surface area contributed by atoms with Gasteiger partial charge in [-0.15, -0.1) is 0 Å². The third-order valence-corrected chi connectivity index (χ3v) is 12.3. The fraction of sp³-hybridized carbons (Fsp3) is 0.839. The number of rotatable bonds is 12. The van der Waals surface area contributed by atoms with E-state index in [-0.39, 0.29) is 34.7 Å². The summed E-state index contributed by atoms with van der Waals surface area (Å²) in [7, 11) is -3.38. The van der Waals surface area contributed by atoms with Gasteiger partial charge in [0.2, 0.25) is 17.6 Å². The molecular weight excluding hydrogens is 586 g/mol. The van der Waals surface area contributed by atoms with Gasteiger partial charge in [-0.2, -0.15) is 0 Å². The Kier molecular flexibility index (Phi) is 9.51. The molecular formula is C31H51N5O7S. The van der Waals surface area contributed by atoms with E-state index >= 15 is 0 Å². The van der Waals surface area contributed by atoms with Crippen LogP contribution in [0.3, 0.4) is 0 Å². The number of hydrogen-bond acceptors (Lipinski definition) is 7. The SMILES string of the molecule is CCS(=O)(=O)CC1(NC(=O)N[C@H](C(=O)N2CC3C([C@H]2C(=O)NC(CC2CC2)C(=O)C(N)=O)C3(C)C)C(C)(C)C)CCCCC1. The number of ketones is 1. The predicted molar refractivity (Wildman–Crippen MR) is 165 cm³/mol. The molecule has 3 saturated carbocycles. The van der Waals surface area contributed by atoms with E-state index in [2.05, 4.69) is 16.0 Å². The number of Topliss-reactive ketones (excluding diaryl/α,β-unsaturated/α-hetero) is 1. The summed E-state index contributed by atoms with van der Waals surface area (Å²) in [6, 6.07) is -3.55. The molecule has 12 nitrogen and oxygen atoms in total. The molecule has 0 bridgehead atoms. The largest absolute Gasteiger partial charge is 0.363 e. The van der Waals surface area contributed by atoms with E-state index in [1.807, 2.05) is 34.6 Å². The summed E-state index contributed by atoms with van der Waals surface area (Å²) < 4.78 is 25.2. The minimum atomic E-state index is -3.38. The summed E-state index contributed by atoms with van der Waals surface area (Å²) in [5, 5.41) is 8.55. The number of carbonyl (C=O) groups excluding carboxylic acids is 5. The topological polar surface area (TPSA) is 185 Å². The van der Waals surface area contributed by atoms with Crippen LogP contribution in [-0.2, 0) is 29.0 Å². The zero-order valence-electron chi connectivity index (χ0n) is 27.0. The number of piperidine rings is 1. The Labute approximate surface area is 261 Å². The Morgan fingerprint density at radius 3 is 2.14 bits per heavy atom. The van der Waals surface area contributed by atoms with Crippen molar-refractivity contribution in [3.8, 4) is 0 Å². The number of nitrogens with two attached hydrogens (primary N) is 1. The van der Waals surface area contributed by atoms with E-state index in [0.29, 0.717) is 25.8 Å². The lowest BCUT2D eigenvalue weighted by Gasteiger charge is -2.40. The van der Waals surface area contributed by atoms with Crippen molar-refractivity contribution in [1.29, 1.82) is 0 Å². The number of nitrogens with one attached hydrogen (secondary N) is 3. The first-order chi connectivity index (χ1) is 20.3. The fourth-order valence-electron chi connectivity index (χ4n) is 7.44. The number of primary amides is 1. The van der Waals surface area contributed by atoms with Crippen LogP contribution in [0.4, 0.5) is 4.79 Å². The van der Waals surface area contributed by atoms with Crippen molar-refractivity contribution < 1.29 is 32.4 Å². The highest BCUT2D eigenvalue weighted by Crippen LogP contribution is 2.65. The molecule has 1 saturated heterocycles. The molecule has 0 aromatic carbocycles.